The van der Waals surface area contributed by atoms with Gasteiger partial charge in [0.05, 0.1) is 18.0 Å². The number of carbonyl (C=O) groups is 1. The molecule has 0 unspecified atom stereocenters. The van der Waals surface area contributed by atoms with Gasteiger partial charge in [-0.25, -0.2) is 13.4 Å². The lowest BCUT2D eigenvalue weighted by Gasteiger charge is -2.09. The van der Waals surface area contributed by atoms with Crippen molar-refractivity contribution >= 4 is 33.3 Å². The standard InChI is InChI=1S/C10H13ClN2O4S/c1-3-17-10(14)6-18(15,16)13-8-4-5-9(11)12-7(8)2/h4-5,13H,3,6H2,1-2H3. The Morgan fingerprint density at radius 1 is 1.50 bits per heavy atom. The largest absolute Gasteiger partial charge is 0.465 e. The van der Waals surface area contributed by atoms with E-state index in [4.69, 9.17) is 11.6 Å². The number of rotatable bonds is 5. The highest BCUT2D eigenvalue weighted by Gasteiger charge is 2.18. The van der Waals surface area contributed by atoms with E-state index in [1.165, 1.54) is 12.1 Å². The Bertz CT molecular complexity index is 545. The first-order chi connectivity index (χ1) is 8.34. The average molecular weight is 293 g/mol. The number of carbonyl (C=O) groups excluding carboxylic acids is 1. The van der Waals surface area contributed by atoms with Crippen molar-refractivity contribution in [3.8, 4) is 0 Å². The minimum absolute atomic E-state index is 0.135. The fraction of sp³-hybridized carbons (Fsp3) is 0.400. The predicted molar refractivity (Wildman–Crippen MR) is 68.0 cm³/mol. The van der Waals surface area contributed by atoms with E-state index in [-0.39, 0.29) is 17.4 Å². The Balaban J connectivity index is 2.79. The van der Waals surface area contributed by atoms with Crippen LogP contribution in [0.4, 0.5) is 5.69 Å². The van der Waals surface area contributed by atoms with Gasteiger partial charge in [-0.15, -0.1) is 0 Å². The van der Waals surface area contributed by atoms with Crippen LogP contribution in [0.25, 0.3) is 0 Å². The van der Waals surface area contributed by atoms with Crippen LogP contribution in [0.15, 0.2) is 12.1 Å². The van der Waals surface area contributed by atoms with Gasteiger partial charge >= 0.3 is 5.97 Å². The van der Waals surface area contributed by atoms with Crippen molar-refractivity contribution in [2.24, 2.45) is 0 Å². The maximum Gasteiger partial charge on any atom is 0.323 e. The number of pyridine rings is 1. The van der Waals surface area contributed by atoms with Crippen molar-refractivity contribution in [1.29, 1.82) is 0 Å². The minimum Gasteiger partial charge on any atom is -0.465 e. The smallest absolute Gasteiger partial charge is 0.323 e. The van der Waals surface area contributed by atoms with Gasteiger partial charge in [0, 0.05) is 0 Å². The van der Waals surface area contributed by atoms with Gasteiger partial charge in [-0.1, -0.05) is 11.6 Å². The van der Waals surface area contributed by atoms with E-state index in [0.29, 0.717) is 5.69 Å². The number of esters is 1. The first kappa shape index (κ1) is 14.7. The Labute approximate surface area is 110 Å². The molecule has 0 amide bonds. The maximum absolute atomic E-state index is 11.6. The normalized spacial score (nSPS) is 11.1. The molecule has 0 fully saturated rings. The second-order valence-corrected chi connectivity index (χ2v) is 5.54. The Morgan fingerprint density at radius 2 is 2.17 bits per heavy atom. The molecule has 6 nitrogen and oxygen atoms in total. The molecular formula is C10H13ClN2O4S. The van der Waals surface area contributed by atoms with Crippen LogP contribution < -0.4 is 4.72 Å². The highest BCUT2D eigenvalue weighted by atomic mass is 35.5. The number of nitrogens with one attached hydrogen (secondary N) is 1. The number of anilines is 1. The van der Waals surface area contributed by atoms with Gasteiger partial charge in [0.15, 0.2) is 5.75 Å². The first-order valence-corrected chi connectivity index (χ1v) is 7.16. The number of ether oxygens (including phenoxy) is 1. The molecule has 0 atom stereocenters. The van der Waals surface area contributed by atoms with Crippen LogP contribution in [-0.4, -0.2) is 31.7 Å². The van der Waals surface area contributed by atoms with Crippen LogP contribution in [-0.2, 0) is 19.6 Å². The summed E-state index contributed by atoms with van der Waals surface area (Å²) >= 11 is 5.65. The number of aryl methyl sites for hydroxylation is 1. The van der Waals surface area contributed by atoms with E-state index in [1.807, 2.05) is 0 Å². The molecule has 18 heavy (non-hydrogen) atoms. The summed E-state index contributed by atoms with van der Waals surface area (Å²) in [5, 5.41) is 0.265. The van der Waals surface area contributed by atoms with Crippen molar-refractivity contribution < 1.29 is 17.9 Å². The van der Waals surface area contributed by atoms with Crippen molar-refractivity contribution in [1.82, 2.24) is 4.98 Å². The van der Waals surface area contributed by atoms with Crippen molar-refractivity contribution in [3.05, 3.63) is 23.0 Å². The molecule has 8 heteroatoms. The van der Waals surface area contributed by atoms with Crippen LogP contribution >= 0.6 is 11.6 Å². The fourth-order valence-electron chi connectivity index (χ4n) is 1.20. The van der Waals surface area contributed by atoms with Crippen molar-refractivity contribution in [2.75, 3.05) is 17.1 Å². The summed E-state index contributed by atoms with van der Waals surface area (Å²) in [5.41, 5.74) is 0.707. The van der Waals surface area contributed by atoms with E-state index in [1.54, 1.807) is 13.8 Å². The SMILES string of the molecule is CCOC(=O)CS(=O)(=O)Nc1ccc(Cl)nc1C. The monoisotopic (exact) mass is 292 g/mol. The molecule has 0 aromatic carbocycles. The summed E-state index contributed by atoms with van der Waals surface area (Å²) < 4.78 is 30.1. The van der Waals surface area contributed by atoms with Crippen LogP contribution in [0, 0.1) is 6.92 Å². The zero-order valence-electron chi connectivity index (χ0n) is 9.94. The second-order valence-electron chi connectivity index (χ2n) is 3.43. The molecule has 0 radical (unpaired) electrons. The Hall–Kier alpha value is -1.34. The molecule has 1 aromatic heterocycles. The number of aromatic nitrogens is 1. The topological polar surface area (TPSA) is 85.4 Å². The highest BCUT2D eigenvalue weighted by Crippen LogP contribution is 2.17. The minimum atomic E-state index is -3.80. The lowest BCUT2D eigenvalue weighted by Crippen LogP contribution is -2.24. The number of sulfonamides is 1. The van der Waals surface area contributed by atoms with Crippen LogP contribution in [0.3, 0.4) is 0 Å². The summed E-state index contributed by atoms with van der Waals surface area (Å²) in [6.45, 7) is 3.34. The molecule has 1 N–H and O–H groups in total. The summed E-state index contributed by atoms with van der Waals surface area (Å²) in [5.74, 6) is -1.53. The van der Waals surface area contributed by atoms with Crippen molar-refractivity contribution in [3.63, 3.8) is 0 Å². The molecule has 0 bridgehead atoms. The molecule has 0 spiro atoms. The Kier molecular flexibility index (Phi) is 4.92. The number of hydrogen-bond acceptors (Lipinski definition) is 5. The molecule has 1 heterocycles. The number of halogens is 1. The van der Waals surface area contributed by atoms with E-state index in [2.05, 4.69) is 14.4 Å². The van der Waals surface area contributed by atoms with Crippen LogP contribution in [0.1, 0.15) is 12.6 Å². The third-order valence-corrected chi connectivity index (χ3v) is 3.29. The van der Waals surface area contributed by atoms with Gasteiger partial charge in [-0.3, -0.25) is 9.52 Å². The van der Waals surface area contributed by atoms with Crippen molar-refractivity contribution in [2.45, 2.75) is 13.8 Å². The lowest BCUT2D eigenvalue weighted by atomic mass is 10.3. The molecule has 0 saturated heterocycles. The molecule has 1 aromatic rings. The van der Waals surface area contributed by atoms with Gasteiger partial charge < -0.3 is 4.74 Å². The summed E-state index contributed by atoms with van der Waals surface area (Å²) in [4.78, 5) is 15.0. The summed E-state index contributed by atoms with van der Waals surface area (Å²) in [6.07, 6.45) is 0. The van der Waals surface area contributed by atoms with E-state index < -0.39 is 21.7 Å². The van der Waals surface area contributed by atoms with Gasteiger partial charge in [-0.2, -0.15) is 0 Å². The molecule has 1 rings (SSSR count). The Morgan fingerprint density at radius 3 is 2.72 bits per heavy atom. The molecular weight excluding hydrogens is 280 g/mol. The van der Waals surface area contributed by atoms with Crippen LogP contribution in [0.2, 0.25) is 5.15 Å². The third-order valence-electron chi connectivity index (χ3n) is 1.93. The predicted octanol–water partition coefficient (Wildman–Crippen LogP) is 1.35. The lowest BCUT2D eigenvalue weighted by molar-refractivity contribution is -0.139. The summed E-state index contributed by atoms with van der Waals surface area (Å²) in [7, 11) is -3.80. The quantitative estimate of drug-likeness (QED) is 0.654. The van der Waals surface area contributed by atoms with Gasteiger partial charge in [0.2, 0.25) is 10.0 Å². The first-order valence-electron chi connectivity index (χ1n) is 5.13. The molecule has 0 aliphatic rings. The van der Waals surface area contributed by atoms with Crippen LogP contribution in [0.5, 0.6) is 0 Å². The van der Waals surface area contributed by atoms with E-state index in [9.17, 15) is 13.2 Å². The maximum atomic E-state index is 11.6. The van der Waals surface area contributed by atoms with E-state index >= 15 is 0 Å². The third kappa shape index (κ3) is 4.50. The zero-order chi connectivity index (χ0) is 13.8. The van der Waals surface area contributed by atoms with Gasteiger partial charge in [0.1, 0.15) is 5.15 Å². The van der Waals surface area contributed by atoms with Gasteiger partial charge in [0.25, 0.3) is 0 Å². The van der Waals surface area contributed by atoms with E-state index in [0.717, 1.165) is 0 Å². The number of hydrogen-bond donors (Lipinski definition) is 1. The fourth-order valence-corrected chi connectivity index (χ4v) is 2.41. The molecule has 0 aliphatic carbocycles. The zero-order valence-corrected chi connectivity index (χ0v) is 11.5. The summed E-state index contributed by atoms with van der Waals surface area (Å²) in [6, 6.07) is 2.93. The number of nitrogens with zero attached hydrogens (tertiary/aromatic N) is 1. The molecule has 0 aliphatic heterocycles. The highest BCUT2D eigenvalue weighted by molar-refractivity contribution is 7.93. The molecule has 100 valence electrons. The van der Waals surface area contributed by atoms with Gasteiger partial charge in [-0.05, 0) is 26.0 Å². The second kappa shape index (κ2) is 6.01. The molecule has 0 saturated carbocycles. The average Bonchev–Trinajstić information content (AvgIpc) is 2.21.